The molecule has 11 heteroatoms. The number of carbonyl (C=O) groups excluding carboxylic acids is 1. The lowest BCUT2D eigenvalue weighted by molar-refractivity contribution is -0.143. The molecule has 1 rings (SSSR count). The van der Waals surface area contributed by atoms with E-state index in [4.69, 9.17) is 5.73 Å². The van der Waals surface area contributed by atoms with Crippen molar-refractivity contribution in [2.45, 2.75) is 12.7 Å². The van der Waals surface area contributed by atoms with Crippen molar-refractivity contribution in [3.63, 3.8) is 0 Å². The molecule has 3 N–H and O–H groups in total. The van der Waals surface area contributed by atoms with Crippen LogP contribution >= 0.6 is 15.9 Å². The number of halogens is 4. The number of primary amides is 1. The highest BCUT2D eigenvalue weighted by Gasteiger charge is 2.29. The monoisotopic (exact) mass is 358 g/mol. The Labute approximate surface area is 119 Å². The molecule has 0 spiro atoms. The molecule has 1 aromatic rings. The van der Waals surface area contributed by atoms with Crippen molar-refractivity contribution in [3.8, 4) is 0 Å². The van der Waals surface area contributed by atoms with E-state index in [1.54, 1.807) is 0 Å². The lowest BCUT2D eigenvalue weighted by Crippen LogP contribution is -2.31. The second kappa shape index (κ2) is 6.59. The number of nitrogens with two attached hydrogens (primary N) is 1. The Morgan fingerprint density at radius 1 is 1.55 bits per heavy atom. The summed E-state index contributed by atoms with van der Waals surface area (Å²) in [5.74, 6) is 0. The third-order valence-corrected chi connectivity index (χ3v) is 2.74. The van der Waals surface area contributed by atoms with E-state index in [2.05, 4.69) is 31.1 Å². The summed E-state index contributed by atoms with van der Waals surface area (Å²) in [6.07, 6.45) is -4.44. The van der Waals surface area contributed by atoms with Crippen LogP contribution in [-0.2, 0) is 11.3 Å². The third kappa shape index (κ3) is 5.07. The van der Waals surface area contributed by atoms with E-state index in [9.17, 15) is 22.8 Å². The van der Waals surface area contributed by atoms with Gasteiger partial charge < -0.3 is 15.8 Å². The fourth-order valence-corrected chi connectivity index (χ4v) is 1.66. The maximum atomic E-state index is 12.2. The van der Waals surface area contributed by atoms with Gasteiger partial charge >= 0.3 is 12.3 Å². The van der Waals surface area contributed by atoms with Gasteiger partial charge in [0.15, 0.2) is 0 Å². The van der Waals surface area contributed by atoms with E-state index in [-0.39, 0.29) is 28.0 Å². The van der Waals surface area contributed by atoms with Crippen LogP contribution < -0.4 is 16.6 Å². The molecule has 0 atom stereocenters. The summed E-state index contributed by atoms with van der Waals surface area (Å²) in [6.45, 7) is -1.42. The van der Waals surface area contributed by atoms with Gasteiger partial charge in [0.05, 0.1) is 11.9 Å². The second-order valence-electron chi connectivity index (χ2n) is 3.54. The highest BCUT2D eigenvalue weighted by Crippen LogP contribution is 2.19. The number of ether oxygens (including phenoxy) is 1. The van der Waals surface area contributed by atoms with Crippen LogP contribution in [-0.4, -0.2) is 35.2 Å². The molecule has 0 bridgehead atoms. The summed E-state index contributed by atoms with van der Waals surface area (Å²) >= 11 is 2.88. The van der Waals surface area contributed by atoms with Crippen LogP contribution in [0.1, 0.15) is 0 Å². The fraction of sp³-hybridized carbons (Fsp3) is 0.444. The van der Waals surface area contributed by atoms with E-state index < -0.39 is 24.4 Å². The normalized spacial score (nSPS) is 11.2. The largest absolute Gasteiger partial charge is 0.448 e. The average molecular weight is 359 g/mol. The number of rotatable bonds is 5. The summed E-state index contributed by atoms with van der Waals surface area (Å²) in [6, 6.07) is 0. The van der Waals surface area contributed by atoms with Crippen LogP contribution in [0.4, 0.5) is 23.7 Å². The van der Waals surface area contributed by atoms with Crippen molar-refractivity contribution in [2.75, 3.05) is 18.5 Å². The van der Waals surface area contributed by atoms with Crippen LogP contribution in [0.25, 0.3) is 0 Å². The molecule has 0 aliphatic carbocycles. The Kier molecular flexibility index (Phi) is 5.36. The van der Waals surface area contributed by atoms with Gasteiger partial charge in [0.1, 0.15) is 17.6 Å². The average Bonchev–Trinajstić information content (AvgIpc) is 2.31. The van der Waals surface area contributed by atoms with Crippen molar-refractivity contribution < 1.29 is 22.7 Å². The zero-order valence-electron chi connectivity index (χ0n) is 9.91. The highest BCUT2D eigenvalue weighted by atomic mass is 79.9. The molecule has 0 saturated heterocycles. The second-order valence-corrected chi connectivity index (χ2v) is 4.34. The number of hydrogen-bond donors (Lipinski definition) is 2. The van der Waals surface area contributed by atoms with Gasteiger partial charge in [-0.25, -0.2) is 9.48 Å². The highest BCUT2D eigenvalue weighted by molar-refractivity contribution is 9.10. The molecule has 0 unspecified atom stereocenters. The molecular weight excluding hydrogens is 349 g/mol. The van der Waals surface area contributed by atoms with Gasteiger partial charge in [0, 0.05) is 6.54 Å². The number of anilines is 1. The topological polar surface area (TPSA) is 99.2 Å². The number of nitrogens with zero attached hydrogens (tertiary/aromatic N) is 2. The van der Waals surface area contributed by atoms with Crippen LogP contribution in [0, 0.1) is 0 Å². The van der Waals surface area contributed by atoms with Gasteiger partial charge in [-0.1, -0.05) is 0 Å². The number of alkyl halides is 3. The van der Waals surface area contributed by atoms with Crippen molar-refractivity contribution in [1.82, 2.24) is 9.78 Å². The van der Waals surface area contributed by atoms with Gasteiger partial charge in [-0.05, 0) is 15.9 Å². The van der Waals surface area contributed by atoms with Gasteiger partial charge in [0.2, 0.25) is 0 Å². The number of carbonyl (C=O) groups is 1. The third-order valence-electron chi connectivity index (χ3n) is 1.98. The number of nitrogens with one attached hydrogen (secondary N) is 1. The van der Waals surface area contributed by atoms with Crippen LogP contribution in [0.5, 0.6) is 0 Å². The summed E-state index contributed by atoms with van der Waals surface area (Å²) in [5, 5.41) is 6.06. The number of amides is 1. The molecule has 0 fully saturated rings. The standard InChI is InChI=1S/C9H10BrF3N4O3/c10-6-5(15-1-2-20-8(14)19)3-16-17(7(6)18)4-9(11,12)13/h3,15H,1-2,4H2,(H2,14,19). The summed E-state index contributed by atoms with van der Waals surface area (Å²) in [5.41, 5.74) is 3.99. The molecule has 0 aromatic carbocycles. The van der Waals surface area contributed by atoms with Crippen molar-refractivity contribution in [2.24, 2.45) is 5.73 Å². The minimum Gasteiger partial charge on any atom is -0.448 e. The van der Waals surface area contributed by atoms with Crippen molar-refractivity contribution >= 4 is 27.7 Å². The molecule has 112 valence electrons. The predicted molar refractivity (Wildman–Crippen MR) is 66.3 cm³/mol. The Morgan fingerprint density at radius 2 is 2.20 bits per heavy atom. The molecule has 1 aromatic heterocycles. The van der Waals surface area contributed by atoms with Crippen LogP contribution in [0.3, 0.4) is 0 Å². The Hall–Kier alpha value is -1.78. The maximum Gasteiger partial charge on any atom is 0.408 e. The fourth-order valence-electron chi connectivity index (χ4n) is 1.21. The Bertz CT molecular complexity index is 546. The lowest BCUT2D eigenvalue weighted by atomic mass is 10.4. The van der Waals surface area contributed by atoms with E-state index in [0.29, 0.717) is 0 Å². The maximum absolute atomic E-state index is 12.2. The van der Waals surface area contributed by atoms with E-state index in [1.807, 2.05) is 0 Å². The SMILES string of the molecule is NC(=O)OCCNc1cnn(CC(F)(F)F)c(=O)c1Br. The van der Waals surface area contributed by atoms with Gasteiger partial charge in [0.25, 0.3) is 5.56 Å². The van der Waals surface area contributed by atoms with Crippen LogP contribution in [0.2, 0.25) is 0 Å². The van der Waals surface area contributed by atoms with Gasteiger partial charge in [-0.15, -0.1) is 0 Å². The molecule has 1 amide bonds. The minimum absolute atomic E-state index is 0.0621. The first-order valence-corrected chi connectivity index (χ1v) is 5.98. The van der Waals surface area contributed by atoms with Gasteiger partial charge in [-0.2, -0.15) is 18.3 Å². The molecule has 0 saturated carbocycles. The minimum atomic E-state index is -4.54. The molecule has 7 nitrogen and oxygen atoms in total. The molecule has 0 radical (unpaired) electrons. The number of aromatic nitrogens is 2. The Morgan fingerprint density at radius 3 is 2.75 bits per heavy atom. The lowest BCUT2D eigenvalue weighted by Gasteiger charge is -2.11. The predicted octanol–water partition coefficient (Wildman–Crippen LogP) is 1.08. The van der Waals surface area contributed by atoms with E-state index in [1.165, 1.54) is 0 Å². The first-order valence-electron chi connectivity index (χ1n) is 5.19. The number of hydrogen-bond acceptors (Lipinski definition) is 5. The first kappa shape index (κ1) is 16.3. The van der Waals surface area contributed by atoms with E-state index >= 15 is 0 Å². The van der Waals surface area contributed by atoms with Crippen molar-refractivity contribution in [3.05, 3.63) is 21.0 Å². The first-order chi connectivity index (χ1) is 9.20. The zero-order chi connectivity index (χ0) is 15.3. The Balaban J connectivity index is 2.74. The summed E-state index contributed by atoms with van der Waals surface area (Å²) in [7, 11) is 0. The summed E-state index contributed by atoms with van der Waals surface area (Å²) < 4.78 is 41.2. The molecule has 20 heavy (non-hydrogen) atoms. The molecule has 0 aliphatic rings. The quantitative estimate of drug-likeness (QED) is 0.767. The van der Waals surface area contributed by atoms with Crippen molar-refractivity contribution in [1.29, 1.82) is 0 Å². The molecular formula is C9H10BrF3N4O3. The molecule has 0 aliphatic heterocycles. The zero-order valence-corrected chi connectivity index (χ0v) is 11.5. The summed E-state index contributed by atoms with van der Waals surface area (Å²) in [4.78, 5) is 21.9. The van der Waals surface area contributed by atoms with Crippen LogP contribution in [0.15, 0.2) is 15.5 Å². The van der Waals surface area contributed by atoms with Gasteiger partial charge in [-0.3, -0.25) is 4.79 Å². The molecule has 1 heterocycles. The smallest absolute Gasteiger partial charge is 0.408 e. The van der Waals surface area contributed by atoms with E-state index in [0.717, 1.165) is 6.20 Å².